The van der Waals surface area contributed by atoms with E-state index in [1.54, 1.807) is 6.20 Å². The van der Waals surface area contributed by atoms with Gasteiger partial charge in [0.1, 0.15) is 0 Å². The largest absolute Gasteiger partial charge is 0.361 e. The summed E-state index contributed by atoms with van der Waals surface area (Å²) in [5, 5.41) is 3.01. The third-order valence-corrected chi connectivity index (χ3v) is 1.40. The third kappa shape index (κ3) is 2.23. The molecule has 0 saturated carbocycles. The van der Waals surface area contributed by atoms with Crippen molar-refractivity contribution in [1.82, 2.24) is 10.3 Å². The van der Waals surface area contributed by atoms with Crippen molar-refractivity contribution in [3.8, 4) is 0 Å². The van der Waals surface area contributed by atoms with Gasteiger partial charge in [-0.1, -0.05) is 18.7 Å². The molecule has 0 atom stereocenters. The van der Waals surface area contributed by atoms with Crippen molar-refractivity contribution in [3.05, 3.63) is 48.9 Å². The van der Waals surface area contributed by atoms with E-state index in [4.69, 9.17) is 0 Å². The van der Waals surface area contributed by atoms with Crippen LogP contribution in [0.3, 0.4) is 0 Å². The molecule has 0 bridgehead atoms. The van der Waals surface area contributed by atoms with Gasteiger partial charge in [-0.25, -0.2) is 0 Å². The average molecular weight is 160 g/mol. The van der Waals surface area contributed by atoms with E-state index < -0.39 is 0 Å². The maximum atomic E-state index is 4.14. The number of hydrogen-bond donors (Lipinski definition) is 1. The second-order valence-corrected chi connectivity index (χ2v) is 2.34. The van der Waals surface area contributed by atoms with Crippen LogP contribution in [0.1, 0.15) is 12.6 Å². The lowest BCUT2D eigenvalue weighted by atomic mass is 10.3. The summed E-state index contributed by atoms with van der Waals surface area (Å²) in [6.45, 7) is 5.78. The Morgan fingerprint density at radius 3 is 3.00 bits per heavy atom. The normalized spacial score (nSPS) is 10.1. The summed E-state index contributed by atoms with van der Waals surface area (Å²) < 4.78 is 0. The smallest absolute Gasteiger partial charge is 0.0858 e. The number of hydrogen-bond acceptors (Lipinski definition) is 2. The zero-order valence-corrected chi connectivity index (χ0v) is 7.12. The van der Waals surface area contributed by atoms with E-state index in [-0.39, 0.29) is 0 Å². The van der Waals surface area contributed by atoms with Gasteiger partial charge in [0.2, 0.25) is 0 Å². The lowest BCUT2D eigenvalue weighted by Gasteiger charge is -2.02. The van der Waals surface area contributed by atoms with Crippen molar-refractivity contribution >= 4 is 5.70 Å². The highest BCUT2D eigenvalue weighted by Crippen LogP contribution is 2.03. The molecule has 1 aromatic heterocycles. The van der Waals surface area contributed by atoms with Crippen molar-refractivity contribution in [1.29, 1.82) is 0 Å². The predicted octanol–water partition coefficient (Wildman–Crippen LogP) is 2.18. The number of nitrogens with zero attached hydrogens (tertiary/aromatic N) is 1. The molecule has 1 heterocycles. The number of aromatic nitrogens is 1. The maximum Gasteiger partial charge on any atom is 0.0858 e. The van der Waals surface area contributed by atoms with Gasteiger partial charge in [-0.05, 0) is 25.3 Å². The van der Waals surface area contributed by atoms with Crippen LogP contribution >= 0.6 is 0 Å². The van der Waals surface area contributed by atoms with Crippen molar-refractivity contribution in [2.45, 2.75) is 6.92 Å². The molecule has 0 saturated heterocycles. The Balaban J connectivity index is 2.66. The molecule has 0 amide bonds. The van der Waals surface area contributed by atoms with Crippen molar-refractivity contribution in [2.75, 3.05) is 0 Å². The van der Waals surface area contributed by atoms with Crippen LogP contribution in [0.15, 0.2) is 43.3 Å². The predicted molar refractivity (Wildman–Crippen MR) is 51.2 cm³/mol. The Hall–Kier alpha value is -1.57. The summed E-state index contributed by atoms with van der Waals surface area (Å²) in [5.74, 6) is 0. The molecule has 0 aliphatic heterocycles. The lowest BCUT2D eigenvalue weighted by molar-refractivity contribution is 1.16. The maximum absolute atomic E-state index is 4.14. The van der Waals surface area contributed by atoms with Crippen molar-refractivity contribution < 1.29 is 0 Å². The summed E-state index contributed by atoms with van der Waals surface area (Å²) in [6.07, 6.45) is 5.49. The Morgan fingerprint density at radius 1 is 1.58 bits per heavy atom. The first kappa shape index (κ1) is 8.53. The molecule has 1 rings (SSSR count). The topological polar surface area (TPSA) is 24.9 Å². The molecule has 2 heteroatoms. The first-order valence-corrected chi connectivity index (χ1v) is 3.82. The fraction of sp³-hybridized carbons (Fsp3) is 0.100. The lowest BCUT2D eigenvalue weighted by Crippen LogP contribution is -2.03. The SMILES string of the molecule is C=C(N/C=C\C)c1ccccn1. The van der Waals surface area contributed by atoms with Crippen LogP contribution in [0, 0.1) is 0 Å². The van der Waals surface area contributed by atoms with E-state index in [0.29, 0.717) is 0 Å². The van der Waals surface area contributed by atoms with Gasteiger partial charge in [-0.3, -0.25) is 4.98 Å². The molecule has 1 aromatic rings. The molecular formula is C10H12N2. The van der Waals surface area contributed by atoms with Gasteiger partial charge in [0.25, 0.3) is 0 Å². The van der Waals surface area contributed by atoms with Gasteiger partial charge in [-0.15, -0.1) is 0 Å². The van der Waals surface area contributed by atoms with Crippen molar-refractivity contribution in [3.63, 3.8) is 0 Å². The van der Waals surface area contributed by atoms with Crippen LogP contribution in [-0.4, -0.2) is 4.98 Å². The minimum atomic E-state index is 0.814. The molecular weight excluding hydrogens is 148 g/mol. The molecule has 0 aliphatic rings. The second kappa shape index (κ2) is 4.34. The molecule has 0 aliphatic carbocycles. The van der Waals surface area contributed by atoms with Crippen LogP contribution in [0.5, 0.6) is 0 Å². The summed E-state index contributed by atoms with van der Waals surface area (Å²) in [7, 11) is 0. The van der Waals surface area contributed by atoms with E-state index in [1.807, 2.05) is 37.4 Å². The molecule has 0 radical (unpaired) electrons. The first-order valence-electron chi connectivity index (χ1n) is 3.82. The molecule has 0 fully saturated rings. The van der Waals surface area contributed by atoms with E-state index in [1.165, 1.54) is 0 Å². The summed E-state index contributed by atoms with van der Waals surface area (Å²) >= 11 is 0. The van der Waals surface area contributed by atoms with Gasteiger partial charge in [0.05, 0.1) is 11.4 Å². The average Bonchev–Trinajstić information content (AvgIpc) is 2.15. The summed E-state index contributed by atoms with van der Waals surface area (Å²) in [6, 6.07) is 5.73. The summed E-state index contributed by atoms with van der Waals surface area (Å²) in [5.41, 5.74) is 1.68. The molecule has 62 valence electrons. The Bertz CT molecular complexity index is 275. The van der Waals surface area contributed by atoms with Crippen molar-refractivity contribution in [2.24, 2.45) is 0 Å². The fourth-order valence-corrected chi connectivity index (χ4v) is 0.799. The van der Waals surface area contributed by atoms with Gasteiger partial charge >= 0.3 is 0 Å². The van der Waals surface area contributed by atoms with E-state index in [2.05, 4.69) is 16.9 Å². The Kier molecular flexibility index (Phi) is 3.08. The number of rotatable bonds is 3. The molecule has 0 spiro atoms. The fourth-order valence-electron chi connectivity index (χ4n) is 0.799. The number of nitrogens with one attached hydrogen (secondary N) is 1. The minimum absolute atomic E-state index is 0.814. The Morgan fingerprint density at radius 2 is 2.42 bits per heavy atom. The highest BCUT2D eigenvalue weighted by Gasteiger charge is 1.93. The van der Waals surface area contributed by atoms with Crippen LogP contribution in [0.25, 0.3) is 5.70 Å². The van der Waals surface area contributed by atoms with Crippen LogP contribution < -0.4 is 5.32 Å². The van der Waals surface area contributed by atoms with Gasteiger partial charge in [0, 0.05) is 6.20 Å². The number of allylic oxidation sites excluding steroid dienone is 1. The quantitative estimate of drug-likeness (QED) is 0.733. The molecule has 0 unspecified atom stereocenters. The molecule has 0 aromatic carbocycles. The third-order valence-electron chi connectivity index (χ3n) is 1.40. The monoisotopic (exact) mass is 160 g/mol. The molecule has 1 N–H and O–H groups in total. The standard InChI is InChI=1S/C10H12N2/c1-3-7-11-9(2)10-6-4-5-8-12-10/h3-8,11H,2H2,1H3/b7-3-. The minimum Gasteiger partial charge on any atom is -0.361 e. The highest BCUT2D eigenvalue weighted by atomic mass is 14.9. The van der Waals surface area contributed by atoms with Crippen LogP contribution in [0.2, 0.25) is 0 Å². The van der Waals surface area contributed by atoms with E-state index in [9.17, 15) is 0 Å². The second-order valence-electron chi connectivity index (χ2n) is 2.34. The molecule has 12 heavy (non-hydrogen) atoms. The first-order chi connectivity index (χ1) is 5.84. The van der Waals surface area contributed by atoms with E-state index in [0.717, 1.165) is 11.4 Å². The Labute approximate surface area is 72.6 Å². The summed E-state index contributed by atoms with van der Waals surface area (Å²) in [4.78, 5) is 4.14. The van der Waals surface area contributed by atoms with Gasteiger partial charge in [-0.2, -0.15) is 0 Å². The van der Waals surface area contributed by atoms with Crippen LogP contribution in [0.4, 0.5) is 0 Å². The highest BCUT2D eigenvalue weighted by molar-refractivity contribution is 5.58. The van der Waals surface area contributed by atoms with Gasteiger partial charge < -0.3 is 5.32 Å². The van der Waals surface area contributed by atoms with Gasteiger partial charge in [0.15, 0.2) is 0 Å². The van der Waals surface area contributed by atoms with Crippen LogP contribution in [-0.2, 0) is 0 Å². The zero-order chi connectivity index (χ0) is 8.81. The zero-order valence-electron chi connectivity index (χ0n) is 7.12. The molecule has 2 nitrogen and oxygen atoms in total. The van der Waals surface area contributed by atoms with E-state index >= 15 is 0 Å². The number of pyridine rings is 1.